The number of methoxy groups -OCH3 is 1. The predicted molar refractivity (Wildman–Crippen MR) is 91.2 cm³/mol. The van der Waals surface area contributed by atoms with Gasteiger partial charge in [0.1, 0.15) is 5.25 Å². The fraction of sp³-hybridized carbons (Fsp3) is 0.176. The molecule has 2 aliphatic rings. The Balaban J connectivity index is 1.96. The lowest BCUT2D eigenvalue weighted by Gasteiger charge is -2.20. The molecule has 3 rings (SSSR count). The van der Waals surface area contributed by atoms with Gasteiger partial charge in [0.05, 0.1) is 7.11 Å². The number of benzene rings is 1. The van der Waals surface area contributed by atoms with Crippen molar-refractivity contribution >= 4 is 35.1 Å². The van der Waals surface area contributed by atoms with E-state index in [1.54, 1.807) is 36.5 Å². The minimum Gasteiger partial charge on any atom is -0.468 e. The van der Waals surface area contributed by atoms with Crippen LogP contribution in [0.25, 0.3) is 0 Å². The molecule has 0 fully saturated rings. The third-order valence-electron chi connectivity index (χ3n) is 3.57. The van der Waals surface area contributed by atoms with E-state index in [4.69, 9.17) is 16.3 Å². The average molecular weight is 348 g/mol. The van der Waals surface area contributed by atoms with Gasteiger partial charge in [0.2, 0.25) is 0 Å². The lowest BCUT2D eigenvalue weighted by atomic mass is 9.95. The van der Waals surface area contributed by atoms with Gasteiger partial charge in [-0.15, -0.1) is 11.8 Å². The molecular formula is C17H14ClNO3S. The van der Waals surface area contributed by atoms with Crippen LogP contribution < -0.4 is 0 Å². The summed E-state index contributed by atoms with van der Waals surface area (Å²) in [6.07, 6.45) is 5.46. The van der Waals surface area contributed by atoms with Crippen molar-refractivity contribution in [1.82, 2.24) is 4.90 Å². The minimum atomic E-state index is -0.422. The zero-order valence-electron chi connectivity index (χ0n) is 12.6. The Labute approximate surface area is 143 Å². The van der Waals surface area contributed by atoms with E-state index in [-0.39, 0.29) is 11.8 Å². The predicted octanol–water partition coefficient (Wildman–Crippen LogP) is 3.41. The van der Waals surface area contributed by atoms with Gasteiger partial charge in [0.25, 0.3) is 0 Å². The highest BCUT2D eigenvalue weighted by Crippen LogP contribution is 2.43. The molecular weight excluding hydrogens is 334 g/mol. The number of carbonyl (C=O) groups excluding carboxylic acids is 2. The smallest absolute Gasteiger partial charge is 0.323 e. The molecule has 2 heterocycles. The number of ether oxygens (including phenoxy) is 1. The molecule has 0 amide bonds. The largest absolute Gasteiger partial charge is 0.468 e. The molecule has 0 aliphatic carbocycles. The minimum absolute atomic E-state index is 0.100. The lowest BCUT2D eigenvalue weighted by Crippen LogP contribution is -2.15. The van der Waals surface area contributed by atoms with E-state index in [9.17, 15) is 9.59 Å². The molecule has 4 nitrogen and oxygen atoms in total. The molecule has 0 bridgehead atoms. The molecule has 0 N–H and O–H groups in total. The van der Waals surface area contributed by atoms with Gasteiger partial charge < -0.3 is 9.64 Å². The van der Waals surface area contributed by atoms with Crippen LogP contribution in [0.2, 0.25) is 5.02 Å². The number of allylic oxidation sites excluding steroid dienone is 2. The molecule has 1 unspecified atom stereocenters. The third-order valence-corrected chi connectivity index (χ3v) is 4.98. The molecule has 0 spiro atoms. The zero-order valence-corrected chi connectivity index (χ0v) is 14.1. The maximum atomic E-state index is 12.8. The molecule has 23 heavy (non-hydrogen) atoms. The monoisotopic (exact) mass is 347 g/mol. The summed E-state index contributed by atoms with van der Waals surface area (Å²) in [6.45, 7) is 0. The third kappa shape index (κ3) is 3.07. The Morgan fingerprint density at radius 3 is 2.57 bits per heavy atom. The summed E-state index contributed by atoms with van der Waals surface area (Å²) in [7, 11) is 3.21. The van der Waals surface area contributed by atoms with E-state index < -0.39 is 5.25 Å². The topological polar surface area (TPSA) is 46.6 Å². The first-order chi connectivity index (χ1) is 11.0. The first-order valence-electron chi connectivity index (χ1n) is 6.92. The second-order valence-corrected chi connectivity index (χ2v) is 6.80. The van der Waals surface area contributed by atoms with E-state index in [1.807, 2.05) is 18.1 Å². The van der Waals surface area contributed by atoms with Gasteiger partial charge in [-0.2, -0.15) is 0 Å². The fourth-order valence-electron chi connectivity index (χ4n) is 2.46. The molecule has 1 aromatic rings. The number of fused-ring (bicyclic) bond motifs is 1. The Kier molecular flexibility index (Phi) is 4.33. The molecule has 118 valence electrons. The number of nitrogens with zero attached hydrogens (tertiary/aromatic N) is 1. The first kappa shape index (κ1) is 15.9. The van der Waals surface area contributed by atoms with Crippen LogP contribution in [0.5, 0.6) is 0 Å². The summed E-state index contributed by atoms with van der Waals surface area (Å²) in [5.74, 6) is -0.421. The Morgan fingerprint density at radius 2 is 1.91 bits per heavy atom. The fourth-order valence-corrected chi connectivity index (χ4v) is 3.78. The number of ketones is 1. The number of Topliss-reactive ketones (excluding diaryl/α,β-unsaturated/α-hetero) is 1. The van der Waals surface area contributed by atoms with E-state index in [0.717, 1.165) is 10.5 Å². The van der Waals surface area contributed by atoms with Gasteiger partial charge in [-0.3, -0.25) is 9.59 Å². The van der Waals surface area contributed by atoms with Crippen LogP contribution in [0.15, 0.2) is 58.8 Å². The molecule has 0 aromatic heterocycles. The summed E-state index contributed by atoms with van der Waals surface area (Å²) in [5.41, 5.74) is 1.90. The first-order valence-corrected chi connectivity index (χ1v) is 8.18. The van der Waals surface area contributed by atoms with Gasteiger partial charge in [0.15, 0.2) is 5.78 Å². The van der Waals surface area contributed by atoms with Gasteiger partial charge in [-0.25, -0.2) is 0 Å². The number of rotatable bonds is 3. The summed E-state index contributed by atoms with van der Waals surface area (Å²) in [6, 6.07) is 6.77. The number of esters is 1. The second-order valence-electron chi connectivity index (χ2n) is 5.18. The van der Waals surface area contributed by atoms with Crippen molar-refractivity contribution in [3.8, 4) is 0 Å². The maximum Gasteiger partial charge on any atom is 0.323 e. The van der Waals surface area contributed by atoms with Crippen LogP contribution in [0.3, 0.4) is 0 Å². The molecule has 1 atom stereocenters. The number of hydrogen-bond acceptors (Lipinski definition) is 5. The lowest BCUT2D eigenvalue weighted by molar-refractivity contribution is -0.139. The van der Waals surface area contributed by atoms with Crippen LogP contribution in [0.4, 0.5) is 0 Å². The summed E-state index contributed by atoms with van der Waals surface area (Å²) in [5, 5.41) is 0.160. The normalized spacial score (nSPS) is 19.5. The standard InChI is InChI=1S/C17H14ClNO3S/c1-19-8-13(16(20)10-3-5-11(18)6-4-10)12-7-14(17(21)22-2)23-15(12)9-19/h3-9,14H,1-2H3. The highest BCUT2D eigenvalue weighted by Gasteiger charge is 2.34. The Morgan fingerprint density at radius 1 is 1.22 bits per heavy atom. The maximum absolute atomic E-state index is 12.8. The van der Waals surface area contributed by atoms with Crippen molar-refractivity contribution < 1.29 is 14.3 Å². The zero-order chi connectivity index (χ0) is 16.6. The van der Waals surface area contributed by atoms with Crippen molar-refractivity contribution in [1.29, 1.82) is 0 Å². The quantitative estimate of drug-likeness (QED) is 0.619. The van der Waals surface area contributed by atoms with Gasteiger partial charge >= 0.3 is 5.97 Å². The van der Waals surface area contributed by atoms with E-state index in [1.165, 1.54) is 18.9 Å². The van der Waals surface area contributed by atoms with Gasteiger partial charge in [-0.05, 0) is 29.8 Å². The average Bonchev–Trinajstić information content (AvgIpc) is 2.97. The molecule has 6 heteroatoms. The van der Waals surface area contributed by atoms with Crippen molar-refractivity contribution in [2.24, 2.45) is 0 Å². The van der Waals surface area contributed by atoms with Gasteiger partial charge in [0, 0.05) is 40.5 Å². The van der Waals surface area contributed by atoms with E-state index in [0.29, 0.717) is 16.2 Å². The van der Waals surface area contributed by atoms with Crippen molar-refractivity contribution in [2.45, 2.75) is 5.25 Å². The molecule has 1 aromatic carbocycles. The van der Waals surface area contributed by atoms with Crippen molar-refractivity contribution in [3.63, 3.8) is 0 Å². The highest BCUT2D eigenvalue weighted by atomic mass is 35.5. The van der Waals surface area contributed by atoms with Crippen LogP contribution in [0.1, 0.15) is 10.4 Å². The number of hydrogen-bond donors (Lipinski definition) is 0. The second kappa shape index (κ2) is 6.26. The van der Waals surface area contributed by atoms with E-state index >= 15 is 0 Å². The van der Waals surface area contributed by atoms with Crippen molar-refractivity contribution in [2.75, 3.05) is 14.2 Å². The molecule has 0 saturated heterocycles. The highest BCUT2D eigenvalue weighted by molar-refractivity contribution is 8.05. The number of thioether (sulfide) groups is 1. The van der Waals surface area contributed by atoms with Crippen LogP contribution in [-0.4, -0.2) is 36.1 Å². The SMILES string of the molecule is COC(=O)C1C=C2C(=CN(C)C=C2C(=O)c2ccc(Cl)cc2)S1. The Bertz CT molecular complexity index is 765. The molecule has 0 saturated carbocycles. The summed E-state index contributed by atoms with van der Waals surface area (Å²) < 4.78 is 4.80. The number of carbonyl (C=O) groups is 2. The summed E-state index contributed by atoms with van der Waals surface area (Å²) >= 11 is 7.26. The molecule has 2 aliphatic heterocycles. The number of halogens is 1. The summed E-state index contributed by atoms with van der Waals surface area (Å²) in [4.78, 5) is 27.3. The van der Waals surface area contributed by atoms with Crippen LogP contribution >= 0.6 is 23.4 Å². The van der Waals surface area contributed by atoms with Crippen molar-refractivity contribution in [3.05, 3.63) is 69.4 Å². The van der Waals surface area contributed by atoms with Crippen LogP contribution in [0, 0.1) is 0 Å². The van der Waals surface area contributed by atoms with E-state index in [2.05, 4.69) is 0 Å². The Hall–Kier alpha value is -1.98. The molecule has 0 radical (unpaired) electrons. The van der Waals surface area contributed by atoms with Gasteiger partial charge in [-0.1, -0.05) is 17.7 Å². The van der Waals surface area contributed by atoms with Crippen LogP contribution in [-0.2, 0) is 9.53 Å².